The van der Waals surface area contributed by atoms with Crippen LogP contribution in [0, 0.1) is 0 Å². The number of likely N-dealkylation sites (tertiary alicyclic amines) is 1. The molecule has 0 spiro atoms. The topological polar surface area (TPSA) is 202 Å². The van der Waals surface area contributed by atoms with Crippen molar-refractivity contribution in [3.05, 3.63) is 126 Å². The van der Waals surface area contributed by atoms with Crippen molar-refractivity contribution < 1.29 is 54.2 Å². The molecule has 5 rings (SSSR count). The molecule has 1 unspecified atom stereocenters. The van der Waals surface area contributed by atoms with Crippen molar-refractivity contribution in [3.8, 4) is 11.5 Å². The Balaban J connectivity index is 0.000000239. The molecule has 4 aromatic carbocycles. The van der Waals surface area contributed by atoms with Crippen molar-refractivity contribution in [2.24, 2.45) is 0 Å². The number of nitrogens with zero attached hydrogens (tertiary/aromatic N) is 2. The molecule has 1 fully saturated rings. The van der Waals surface area contributed by atoms with Gasteiger partial charge >= 0.3 is 23.9 Å². The summed E-state index contributed by atoms with van der Waals surface area (Å²) in [6.07, 6.45) is 1.47. The Bertz CT molecular complexity index is 1830. The molecule has 298 valence electrons. The van der Waals surface area contributed by atoms with E-state index >= 15 is 0 Å². The van der Waals surface area contributed by atoms with Gasteiger partial charge in [0.25, 0.3) is 0 Å². The summed E-state index contributed by atoms with van der Waals surface area (Å²) < 4.78 is 5.66. The van der Waals surface area contributed by atoms with Crippen LogP contribution >= 0.6 is 0 Å². The van der Waals surface area contributed by atoms with Crippen molar-refractivity contribution >= 4 is 35.5 Å². The van der Waals surface area contributed by atoms with Crippen LogP contribution in [0.5, 0.6) is 11.5 Å². The molecular formula is C43H50N2O11. The Morgan fingerprint density at radius 1 is 0.750 bits per heavy atom. The Kier molecular flexibility index (Phi) is 17.7. The predicted octanol–water partition coefficient (Wildman–Crippen LogP) is 6.56. The Hall–Kier alpha value is -6.05. The fourth-order valence-electron chi connectivity index (χ4n) is 5.98. The maximum absolute atomic E-state index is 12.5. The summed E-state index contributed by atoms with van der Waals surface area (Å²) in [5.74, 6) is -4.79. The Morgan fingerprint density at radius 2 is 1.27 bits per heavy atom. The van der Waals surface area contributed by atoms with Gasteiger partial charge in [-0.05, 0) is 73.7 Å². The molecule has 5 N–H and O–H groups in total. The third-order valence-corrected chi connectivity index (χ3v) is 9.08. The van der Waals surface area contributed by atoms with E-state index in [0.717, 1.165) is 55.9 Å². The number of amides is 1. The number of hydrogen-bond donors (Lipinski definition) is 5. The first kappa shape index (κ1) is 44.3. The van der Waals surface area contributed by atoms with Crippen LogP contribution in [-0.4, -0.2) is 91.5 Å². The van der Waals surface area contributed by atoms with Gasteiger partial charge in [-0.1, -0.05) is 85.8 Å². The van der Waals surface area contributed by atoms with Gasteiger partial charge in [0.05, 0.1) is 18.8 Å². The molecule has 0 aromatic heterocycles. The zero-order valence-electron chi connectivity index (χ0n) is 31.6. The first-order valence-electron chi connectivity index (χ1n) is 18.3. The molecular weight excluding hydrogens is 720 g/mol. The van der Waals surface area contributed by atoms with Gasteiger partial charge < -0.3 is 40.1 Å². The molecule has 56 heavy (non-hydrogen) atoms. The largest absolute Gasteiger partial charge is 0.481 e. The van der Waals surface area contributed by atoms with Gasteiger partial charge in [-0.25, -0.2) is 4.79 Å². The second kappa shape index (κ2) is 22.4. The number of carbonyl (C=O) groups excluding carboxylic acids is 1. The van der Waals surface area contributed by atoms with Crippen molar-refractivity contribution in [1.82, 2.24) is 4.90 Å². The minimum atomic E-state index is -2.74. The first-order chi connectivity index (χ1) is 26.7. The fourth-order valence-corrected chi connectivity index (χ4v) is 5.98. The van der Waals surface area contributed by atoms with E-state index in [9.17, 15) is 24.0 Å². The number of hydrogen-bond acceptors (Lipinski definition) is 8. The lowest BCUT2D eigenvalue weighted by molar-refractivity contribution is -0.170. The van der Waals surface area contributed by atoms with Crippen LogP contribution in [0.25, 0.3) is 0 Å². The summed E-state index contributed by atoms with van der Waals surface area (Å²) in [7, 11) is 0. The van der Waals surface area contributed by atoms with Crippen LogP contribution < -0.4 is 9.64 Å². The lowest BCUT2D eigenvalue weighted by Gasteiger charge is -2.38. The molecule has 1 amide bonds. The van der Waals surface area contributed by atoms with E-state index in [1.54, 1.807) is 25.1 Å². The normalized spacial score (nSPS) is 13.4. The first-order valence-corrected chi connectivity index (χ1v) is 18.3. The number of para-hydroxylation sites is 2. The summed E-state index contributed by atoms with van der Waals surface area (Å²) in [6, 6.07) is 37.7. The quantitative estimate of drug-likeness (QED) is 0.0873. The van der Waals surface area contributed by atoms with Gasteiger partial charge in [0.2, 0.25) is 5.91 Å². The highest BCUT2D eigenvalue weighted by Gasteiger charge is 2.40. The van der Waals surface area contributed by atoms with E-state index in [4.69, 9.17) is 30.3 Å². The van der Waals surface area contributed by atoms with E-state index < -0.39 is 48.2 Å². The smallest absolute Gasteiger partial charge is 0.336 e. The van der Waals surface area contributed by atoms with Crippen molar-refractivity contribution in [2.45, 2.75) is 69.9 Å². The number of rotatable bonds is 15. The van der Waals surface area contributed by atoms with Crippen molar-refractivity contribution in [1.29, 1.82) is 0 Å². The summed E-state index contributed by atoms with van der Waals surface area (Å²) >= 11 is 0. The average Bonchev–Trinajstić information content (AvgIpc) is 3.18. The molecule has 0 radical (unpaired) electrons. The van der Waals surface area contributed by atoms with Gasteiger partial charge in [0.1, 0.15) is 11.5 Å². The van der Waals surface area contributed by atoms with Gasteiger partial charge in [0, 0.05) is 37.8 Å². The minimum Gasteiger partial charge on any atom is -0.481 e. The van der Waals surface area contributed by atoms with Gasteiger partial charge in [-0.3, -0.25) is 19.2 Å². The second-order valence-corrected chi connectivity index (χ2v) is 13.3. The monoisotopic (exact) mass is 770 g/mol. The number of piperidine rings is 1. The average molecular weight is 771 g/mol. The highest BCUT2D eigenvalue weighted by molar-refractivity contribution is 5.93. The molecule has 4 aromatic rings. The van der Waals surface area contributed by atoms with E-state index in [2.05, 4.69) is 47.4 Å². The van der Waals surface area contributed by atoms with E-state index in [0.29, 0.717) is 18.2 Å². The Morgan fingerprint density at radius 3 is 1.77 bits per heavy atom. The van der Waals surface area contributed by atoms with Gasteiger partial charge in [-0.2, -0.15) is 0 Å². The summed E-state index contributed by atoms with van der Waals surface area (Å²) in [4.78, 5) is 58.5. The number of carboxylic acid groups (broad SMARTS) is 4. The lowest BCUT2D eigenvalue weighted by Crippen LogP contribution is -2.47. The molecule has 13 nitrogen and oxygen atoms in total. The van der Waals surface area contributed by atoms with E-state index in [-0.39, 0.29) is 5.91 Å². The molecule has 1 heterocycles. The standard InChI is InChI=1S/C22H28N2O.C15H14O3.C6H8O7/c1-2-22(25)24(20-11-7-4-8-12-20)21-14-17-23(18-15-21)16-13-19-9-5-3-6-10-19;1-11(15(16)17)12-6-5-9-14(10-12)18-13-7-3-2-4-8-13;7-3(8)1-6(13,5(11)12)2-4(9)10/h3-12,21H,2,13-18H2,1H3;2-11H,1H3,(H,16,17);13H,1-2H2,(H,7,8)(H,9,10)(H,11,12). The lowest BCUT2D eigenvalue weighted by atomic mass is 9.96. The third kappa shape index (κ3) is 14.6. The second-order valence-electron chi connectivity index (χ2n) is 13.3. The SMILES string of the molecule is CC(C(=O)O)c1cccc(Oc2ccccc2)c1.CCC(=O)N(c1ccccc1)C1CCN(CCc2ccccc2)CC1.O=C(O)CC(O)(CC(=O)O)C(=O)O. The maximum atomic E-state index is 12.5. The summed E-state index contributed by atoms with van der Waals surface area (Å²) in [5, 5.41) is 42.8. The molecule has 0 bridgehead atoms. The molecule has 0 saturated carbocycles. The van der Waals surface area contributed by atoms with Crippen LogP contribution in [-0.2, 0) is 30.4 Å². The van der Waals surface area contributed by atoms with Crippen molar-refractivity contribution in [3.63, 3.8) is 0 Å². The van der Waals surface area contributed by atoms with Crippen LogP contribution in [0.2, 0.25) is 0 Å². The Labute approximate surface area is 326 Å². The van der Waals surface area contributed by atoms with Crippen LogP contribution in [0.3, 0.4) is 0 Å². The summed E-state index contributed by atoms with van der Waals surface area (Å²) in [6.45, 7) is 6.84. The van der Waals surface area contributed by atoms with Crippen LogP contribution in [0.4, 0.5) is 5.69 Å². The number of benzene rings is 4. The minimum absolute atomic E-state index is 0.230. The van der Waals surface area contributed by atoms with Crippen LogP contribution in [0.15, 0.2) is 115 Å². The van der Waals surface area contributed by atoms with Crippen LogP contribution in [0.1, 0.15) is 63.0 Å². The molecule has 13 heteroatoms. The molecule has 1 aliphatic rings. The fraction of sp³-hybridized carbons (Fsp3) is 0.326. The summed E-state index contributed by atoms with van der Waals surface area (Å²) in [5.41, 5.74) is 0.433. The molecule has 0 aliphatic carbocycles. The molecule has 1 saturated heterocycles. The number of ether oxygens (including phenoxy) is 1. The third-order valence-electron chi connectivity index (χ3n) is 9.08. The molecule has 1 aliphatic heterocycles. The predicted molar refractivity (Wildman–Crippen MR) is 210 cm³/mol. The number of carboxylic acids is 4. The highest BCUT2D eigenvalue weighted by Crippen LogP contribution is 2.26. The number of aliphatic carboxylic acids is 4. The molecule has 1 atom stereocenters. The number of carbonyl (C=O) groups is 5. The van der Waals surface area contributed by atoms with E-state index in [1.165, 1.54) is 5.56 Å². The maximum Gasteiger partial charge on any atom is 0.336 e. The van der Waals surface area contributed by atoms with Gasteiger partial charge in [-0.15, -0.1) is 0 Å². The number of aliphatic hydroxyl groups is 1. The zero-order valence-corrected chi connectivity index (χ0v) is 31.6. The van der Waals surface area contributed by atoms with E-state index in [1.807, 2.05) is 66.4 Å². The van der Waals surface area contributed by atoms with Crippen molar-refractivity contribution in [2.75, 3.05) is 24.5 Å². The highest BCUT2D eigenvalue weighted by atomic mass is 16.5. The van der Waals surface area contributed by atoms with Gasteiger partial charge in [0.15, 0.2) is 5.60 Å². The number of anilines is 1. The zero-order chi connectivity index (χ0) is 41.1.